The Morgan fingerprint density at radius 3 is 2.92 bits per heavy atom. The predicted octanol–water partition coefficient (Wildman–Crippen LogP) is 2.36. The van der Waals surface area contributed by atoms with Crippen LogP contribution in [-0.4, -0.2) is 11.3 Å². The van der Waals surface area contributed by atoms with Crippen LogP contribution in [0.4, 0.5) is 0 Å². The second-order valence-electron chi connectivity index (χ2n) is 3.08. The molecule has 64 valence electrons. The molecule has 0 aliphatic rings. The minimum atomic E-state index is 0.670. The minimum Gasteiger partial charge on any atom is -0.298 e. The molecule has 1 aromatic heterocycles. The second kappa shape index (κ2) is 2.98. The Morgan fingerprint density at radius 2 is 2.15 bits per heavy atom. The van der Waals surface area contributed by atoms with Crippen LogP contribution in [0, 0.1) is 6.92 Å². The maximum Gasteiger partial charge on any atom is 0.150 e. The van der Waals surface area contributed by atoms with Gasteiger partial charge in [0.2, 0.25) is 0 Å². The first-order chi connectivity index (χ1) is 6.29. The first-order valence-electron chi connectivity index (χ1n) is 4.11. The summed E-state index contributed by atoms with van der Waals surface area (Å²) >= 11 is 0. The summed E-state index contributed by atoms with van der Waals surface area (Å²) in [4.78, 5) is 14.7. The van der Waals surface area contributed by atoms with E-state index >= 15 is 0 Å². The number of fused-ring (bicyclic) bond motifs is 1. The van der Waals surface area contributed by atoms with E-state index in [0.717, 1.165) is 22.8 Å². The summed E-state index contributed by atoms with van der Waals surface area (Å²) in [5, 5.41) is 1.07. The zero-order valence-corrected chi connectivity index (χ0v) is 7.32. The van der Waals surface area contributed by atoms with Gasteiger partial charge in [-0.1, -0.05) is 12.1 Å². The van der Waals surface area contributed by atoms with Crippen LogP contribution in [0.5, 0.6) is 0 Å². The molecule has 1 heterocycles. The molecule has 0 aliphatic carbocycles. The van der Waals surface area contributed by atoms with E-state index in [0.29, 0.717) is 5.56 Å². The lowest BCUT2D eigenvalue weighted by Crippen LogP contribution is -1.84. The van der Waals surface area contributed by atoms with Gasteiger partial charge in [0, 0.05) is 17.1 Å². The number of rotatable bonds is 1. The number of pyridine rings is 1. The van der Waals surface area contributed by atoms with Gasteiger partial charge < -0.3 is 0 Å². The van der Waals surface area contributed by atoms with Gasteiger partial charge in [-0.2, -0.15) is 0 Å². The molecule has 0 N–H and O–H groups in total. The van der Waals surface area contributed by atoms with E-state index in [1.54, 1.807) is 18.3 Å². The van der Waals surface area contributed by atoms with Crippen LogP contribution in [0.2, 0.25) is 0 Å². The Bertz CT molecular complexity index is 463. The molecule has 2 aromatic rings. The van der Waals surface area contributed by atoms with E-state index in [-0.39, 0.29) is 0 Å². The highest BCUT2D eigenvalue weighted by Crippen LogP contribution is 2.13. The molecule has 2 rings (SSSR count). The van der Waals surface area contributed by atoms with Gasteiger partial charge in [-0.3, -0.25) is 9.78 Å². The van der Waals surface area contributed by atoms with Gasteiger partial charge >= 0.3 is 0 Å². The van der Waals surface area contributed by atoms with Crippen molar-refractivity contribution in [1.82, 2.24) is 4.98 Å². The lowest BCUT2D eigenvalue weighted by atomic mass is 10.1. The first kappa shape index (κ1) is 7.92. The van der Waals surface area contributed by atoms with Gasteiger partial charge in [-0.25, -0.2) is 0 Å². The first-order valence-corrected chi connectivity index (χ1v) is 4.11. The molecular formula is C11H9NO. The molecule has 0 bridgehead atoms. The summed E-state index contributed by atoms with van der Waals surface area (Å²) in [5.41, 5.74) is 2.67. The summed E-state index contributed by atoms with van der Waals surface area (Å²) in [5.74, 6) is 0. The normalized spacial score (nSPS) is 10.2. The number of hydrogen-bond donors (Lipinski definition) is 0. The summed E-state index contributed by atoms with van der Waals surface area (Å²) in [7, 11) is 0. The number of aryl methyl sites for hydroxylation is 1. The third-order valence-corrected chi connectivity index (χ3v) is 1.98. The van der Waals surface area contributed by atoms with Crippen molar-refractivity contribution >= 4 is 17.2 Å². The third kappa shape index (κ3) is 1.43. The van der Waals surface area contributed by atoms with E-state index in [2.05, 4.69) is 11.1 Å². The van der Waals surface area contributed by atoms with Crippen molar-refractivity contribution in [1.29, 1.82) is 0 Å². The second-order valence-corrected chi connectivity index (χ2v) is 3.08. The zero-order chi connectivity index (χ0) is 9.26. The molecule has 0 unspecified atom stereocenters. The number of hydrogen-bond acceptors (Lipinski definition) is 2. The smallest absolute Gasteiger partial charge is 0.150 e. The van der Waals surface area contributed by atoms with Crippen LogP contribution in [0.25, 0.3) is 10.9 Å². The molecular weight excluding hydrogens is 162 g/mol. The van der Waals surface area contributed by atoms with Crippen LogP contribution in [-0.2, 0) is 0 Å². The predicted molar refractivity (Wildman–Crippen MR) is 51.9 cm³/mol. The maximum atomic E-state index is 10.5. The summed E-state index contributed by atoms with van der Waals surface area (Å²) in [6.07, 6.45) is 2.64. The SMILES string of the molecule is Cc1cnc2cc(C=O)ccc2c1. The van der Waals surface area contributed by atoms with E-state index in [9.17, 15) is 4.79 Å². The topological polar surface area (TPSA) is 30.0 Å². The number of benzene rings is 1. The summed E-state index contributed by atoms with van der Waals surface area (Å²) in [6, 6.07) is 7.56. The molecule has 13 heavy (non-hydrogen) atoms. The molecule has 0 fully saturated rings. The van der Waals surface area contributed by atoms with Crippen molar-refractivity contribution in [3.63, 3.8) is 0 Å². The number of carbonyl (C=O) groups is 1. The van der Waals surface area contributed by atoms with E-state index < -0.39 is 0 Å². The maximum absolute atomic E-state index is 10.5. The van der Waals surface area contributed by atoms with Crippen LogP contribution in [0.15, 0.2) is 30.5 Å². The van der Waals surface area contributed by atoms with Crippen molar-refractivity contribution in [2.75, 3.05) is 0 Å². The summed E-state index contributed by atoms with van der Waals surface area (Å²) < 4.78 is 0. The largest absolute Gasteiger partial charge is 0.298 e. The van der Waals surface area contributed by atoms with Gasteiger partial charge in [0.15, 0.2) is 0 Å². The van der Waals surface area contributed by atoms with Crippen LogP contribution in [0.3, 0.4) is 0 Å². The molecule has 0 aliphatic heterocycles. The van der Waals surface area contributed by atoms with Crippen LogP contribution < -0.4 is 0 Å². The van der Waals surface area contributed by atoms with Gasteiger partial charge in [0.25, 0.3) is 0 Å². The molecule has 0 amide bonds. The third-order valence-electron chi connectivity index (χ3n) is 1.98. The quantitative estimate of drug-likeness (QED) is 0.616. The molecule has 0 atom stereocenters. The Morgan fingerprint density at radius 1 is 1.31 bits per heavy atom. The van der Waals surface area contributed by atoms with Gasteiger partial charge in [-0.15, -0.1) is 0 Å². The lowest BCUT2D eigenvalue weighted by molar-refractivity contribution is 0.112. The zero-order valence-electron chi connectivity index (χ0n) is 7.32. The van der Waals surface area contributed by atoms with Crippen molar-refractivity contribution in [2.45, 2.75) is 6.92 Å². The fraction of sp³-hybridized carbons (Fsp3) is 0.0909. The van der Waals surface area contributed by atoms with Crippen LogP contribution >= 0.6 is 0 Å². The Balaban J connectivity index is 2.73. The molecule has 0 saturated carbocycles. The highest BCUT2D eigenvalue weighted by Gasteiger charge is 1.96. The molecule has 1 aromatic carbocycles. The average molecular weight is 171 g/mol. The fourth-order valence-corrected chi connectivity index (χ4v) is 1.32. The average Bonchev–Trinajstić information content (AvgIpc) is 2.17. The molecule has 0 radical (unpaired) electrons. The Hall–Kier alpha value is -1.70. The van der Waals surface area contributed by atoms with Crippen molar-refractivity contribution < 1.29 is 4.79 Å². The van der Waals surface area contributed by atoms with Gasteiger partial charge in [0.05, 0.1) is 5.52 Å². The van der Waals surface area contributed by atoms with Crippen molar-refractivity contribution in [2.24, 2.45) is 0 Å². The molecule has 0 saturated heterocycles. The van der Waals surface area contributed by atoms with E-state index in [1.807, 2.05) is 13.0 Å². The van der Waals surface area contributed by atoms with Gasteiger partial charge in [0.1, 0.15) is 6.29 Å². The van der Waals surface area contributed by atoms with Crippen molar-refractivity contribution in [3.8, 4) is 0 Å². The summed E-state index contributed by atoms with van der Waals surface area (Å²) in [6.45, 7) is 2.00. The monoisotopic (exact) mass is 171 g/mol. The molecule has 2 nitrogen and oxygen atoms in total. The van der Waals surface area contributed by atoms with E-state index in [4.69, 9.17) is 0 Å². The lowest BCUT2D eigenvalue weighted by Gasteiger charge is -1.98. The number of carbonyl (C=O) groups excluding carboxylic acids is 1. The Kier molecular flexibility index (Phi) is 1.81. The Labute approximate surface area is 76.2 Å². The van der Waals surface area contributed by atoms with E-state index in [1.165, 1.54) is 0 Å². The number of aromatic nitrogens is 1. The molecule has 2 heteroatoms. The number of nitrogens with zero attached hydrogens (tertiary/aromatic N) is 1. The van der Waals surface area contributed by atoms with Gasteiger partial charge in [-0.05, 0) is 24.6 Å². The van der Waals surface area contributed by atoms with Crippen molar-refractivity contribution in [3.05, 3.63) is 41.6 Å². The highest BCUT2D eigenvalue weighted by atomic mass is 16.1. The fourth-order valence-electron chi connectivity index (χ4n) is 1.32. The molecule has 0 spiro atoms. The highest BCUT2D eigenvalue weighted by molar-refractivity contribution is 5.86. The standard InChI is InChI=1S/C11H9NO/c1-8-4-10-3-2-9(7-13)5-11(10)12-6-8/h2-7H,1H3. The van der Waals surface area contributed by atoms with Crippen LogP contribution in [0.1, 0.15) is 15.9 Å². The minimum absolute atomic E-state index is 0.670. The number of aldehydes is 1.